The highest BCUT2D eigenvalue weighted by atomic mass is 28.4. The normalized spacial score (nSPS) is 12.2. The molecule has 4 nitrogen and oxygen atoms in total. The van der Waals surface area contributed by atoms with Gasteiger partial charge in [-0.15, -0.1) is 0 Å². The SMILES string of the molecule is C/C=C\OCC[Si](OCC)(OCC)OCC. The van der Waals surface area contributed by atoms with Crippen LogP contribution in [-0.2, 0) is 18.0 Å². The fourth-order valence-electron chi connectivity index (χ4n) is 1.35. The summed E-state index contributed by atoms with van der Waals surface area (Å²) in [5.74, 6) is 0. The van der Waals surface area contributed by atoms with Gasteiger partial charge in [0.2, 0.25) is 0 Å². The maximum atomic E-state index is 5.68. The van der Waals surface area contributed by atoms with Crippen LogP contribution in [0.1, 0.15) is 27.7 Å². The van der Waals surface area contributed by atoms with E-state index in [1.165, 1.54) is 0 Å². The zero-order valence-corrected chi connectivity index (χ0v) is 11.8. The molecule has 0 aromatic rings. The van der Waals surface area contributed by atoms with Crippen molar-refractivity contribution < 1.29 is 18.0 Å². The Labute approximate surface area is 99.9 Å². The summed E-state index contributed by atoms with van der Waals surface area (Å²) in [6.45, 7) is 10.2. The maximum Gasteiger partial charge on any atom is 0.504 e. The Bertz CT molecular complexity index is 168. The monoisotopic (exact) mass is 248 g/mol. The summed E-state index contributed by atoms with van der Waals surface area (Å²) in [4.78, 5) is 0. The third-order valence-corrected chi connectivity index (χ3v) is 4.85. The minimum absolute atomic E-state index is 0.566. The molecule has 0 rings (SSSR count). The van der Waals surface area contributed by atoms with Crippen LogP contribution in [0.25, 0.3) is 0 Å². The van der Waals surface area contributed by atoms with Crippen molar-refractivity contribution in [2.45, 2.75) is 33.7 Å². The van der Waals surface area contributed by atoms with Gasteiger partial charge < -0.3 is 18.0 Å². The van der Waals surface area contributed by atoms with Crippen molar-refractivity contribution in [3.05, 3.63) is 12.3 Å². The van der Waals surface area contributed by atoms with Crippen LogP contribution >= 0.6 is 0 Å². The quantitative estimate of drug-likeness (QED) is 0.338. The molecular formula is C11H24O4Si. The minimum atomic E-state index is -2.50. The first-order valence-electron chi connectivity index (χ1n) is 5.89. The van der Waals surface area contributed by atoms with E-state index in [1.54, 1.807) is 6.26 Å². The number of rotatable bonds is 10. The first-order chi connectivity index (χ1) is 7.74. The molecule has 0 radical (unpaired) electrons. The summed E-state index contributed by atoms with van der Waals surface area (Å²) in [5, 5.41) is 0. The summed E-state index contributed by atoms with van der Waals surface area (Å²) >= 11 is 0. The van der Waals surface area contributed by atoms with Gasteiger partial charge in [-0.25, -0.2) is 0 Å². The van der Waals surface area contributed by atoms with Crippen molar-refractivity contribution in [1.82, 2.24) is 0 Å². The fraction of sp³-hybridized carbons (Fsp3) is 0.818. The lowest BCUT2D eigenvalue weighted by molar-refractivity contribution is 0.0655. The first kappa shape index (κ1) is 15.6. The van der Waals surface area contributed by atoms with Gasteiger partial charge in [-0.05, 0) is 27.7 Å². The molecule has 0 saturated carbocycles. The van der Waals surface area contributed by atoms with Crippen molar-refractivity contribution in [3.8, 4) is 0 Å². The van der Waals surface area contributed by atoms with Crippen LogP contribution in [0.4, 0.5) is 0 Å². The Kier molecular flexibility index (Phi) is 9.61. The van der Waals surface area contributed by atoms with Gasteiger partial charge >= 0.3 is 8.80 Å². The standard InChI is InChI=1S/C11H24O4Si/c1-5-9-12-10-11-16(13-6-2,14-7-3)15-8-4/h5,9H,6-8,10-11H2,1-4H3/b9-5-. The molecule has 0 unspecified atom stereocenters. The Morgan fingerprint density at radius 3 is 1.81 bits per heavy atom. The van der Waals surface area contributed by atoms with Crippen LogP contribution in [0.3, 0.4) is 0 Å². The van der Waals surface area contributed by atoms with Gasteiger partial charge in [-0.3, -0.25) is 0 Å². The fourth-order valence-corrected chi connectivity index (χ4v) is 3.72. The van der Waals surface area contributed by atoms with Crippen molar-refractivity contribution in [2.75, 3.05) is 26.4 Å². The third-order valence-electron chi connectivity index (χ3n) is 1.85. The summed E-state index contributed by atoms with van der Waals surface area (Å²) in [7, 11) is -2.50. The molecule has 0 bridgehead atoms. The summed E-state index contributed by atoms with van der Waals surface area (Å²) in [6, 6.07) is 0.687. The molecule has 0 aliphatic rings. The Morgan fingerprint density at radius 2 is 1.44 bits per heavy atom. The van der Waals surface area contributed by atoms with Crippen LogP contribution in [0.5, 0.6) is 0 Å². The predicted octanol–water partition coefficient (Wildman–Crippen LogP) is 2.59. The van der Waals surface area contributed by atoms with E-state index in [9.17, 15) is 0 Å². The lowest BCUT2D eigenvalue weighted by atomic mass is 10.7. The molecule has 0 saturated heterocycles. The van der Waals surface area contributed by atoms with E-state index in [-0.39, 0.29) is 0 Å². The van der Waals surface area contributed by atoms with E-state index in [2.05, 4.69) is 0 Å². The molecule has 0 heterocycles. The van der Waals surface area contributed by atoms with Crippen LogP contribution in [0, 0.1) is 0 Å². The number of hydrogen-bond donors (Lipinski definition) is 0. The summed E-state index contributed by atoms with van der Waals surface area (Å²) in [5.41, 5.74) is 0. The molecule has 0 aromatic carbocycles. The van der Waals surface area contributed by atoms with Crippen molar-refractivity contribution in [1.29, 1.82) is 0 Å². The van der Waals surface area contributed by atoms with Crippen LogP contribution in [0.2, 0.25) is 6.04 Å². The van der Waals surface area contributed by atoms with Gasteiger partial charge in [-0.1, -0.05) is 6.08 Å². The average molecular weight is 248 g/mol. The lowest BCUT2D eigenvalue weighted by Gasteiger charge is -2.28. The average Bonchev–Trinajstić information content (AvgIpc) is 2.26. The van der Waals surface area contributed by atoms with Crippen LogP contribution < -0.4 is 0 Å². The van der Waals surface area contributed by atoms with E-state index in [0.29, 0.717) is 32.5 Å². The zero-order chi connectivity index (χ0) is 12.3. The van der Waals surface area contributed by atoms with Gasteiger partial charge in [0.15, 0.2) is 0 Å². The topological polar surface area (TPSA) is 36.9 Å². The molecule has 0 N–H and O–H groups in total. The van der Waals surface area contributed by atoms with E-state index in [1.807, 2.05) is 33.8 Å². The molecule has 0 amide bonds. The first-order valence-corrected chi connectivity index (χ1v) is 7.82. The zero-order valence-electron chi connectivity index (χ0n) is 10.8. The highest BCUT2D eigenvalue weighted by Crippen LogP contribution is 2.15. The summed E-state index contributed by atoms with van der Waals surface area (Å²) < 4.78 is 22.3. The van der Waals surface area contributed by atoms with E-state index in [4.69, 9.17) is 18.0 Å². The molecular weight excluding hydrogens is 224 g/mol. The second-order valence-corrected chi connectivity index (χ2v) is 5.80. The Balaban J connectivity index is 4.22. The van der Waals surface area contributed by atoms with Gasteiger partial charge in [0.1, 0.15) is 0 Å². The molecule has 0 aliphatic carbocycles. The molecule has 0 spiro atoms. The summed E-state index contributed by atoms with van der Waals surface area (Å²) in [6.07, 6.45) is 3.52. The second-order valence-electron chi connectivity index (χ2n) is 3.07. The molecule has 0 aromatic heterocycles. The van der Waals surface area contributed by atoms with Gasteiger partial charge in [0, 0.05) is 19.8 Å². The van der Waals surface area contributed by atoms with Crippen LogP contribution in [-0.4, -0.2) is 35.2 Å². The molecule has 96 valence electrons. The predicted molar refractivity (Wildman–Crippen MR) is 66.2 cm³/mol. The smallest absolute Gasteiger partial charge is 0.502 e. The van der Waals surface area contributed by atoms with Crippen molar-refractivity contribution >= 4 is 8.80 Å². The molecule has 0 atom stereocenters. The number of ether oxygens (including phenoxy) is 1. The van der Waals surface area contributed by atoms with Gasteiger partial charge in [0.25, 0.3) is 0 Å². The molecule has 16 heavy (non-hydrogen) atoms. The third kappa shape index (κ3) is 6.27. The van der Waals surface area contributed by atoms with Crippen molar-refractivity contribution in [3.63, 3.8) is 0 Å². The Hall–Kier alpha value is -0.363. The van der Waals surface area contributed by atoms with Gasteiger partial charge in [-0.2, -0.15) is 0 Å². The highest BCUT2D eigenvalue weighted by molar-refractivity contribution is 6.60. The van der Waals surface area contributed by atoms with E-state index in [0.717, 1.165) is 0 Å². The second kappa shape index (κ2) is 9.83. The lowest BCUT2D eigenvalue weighted by Crippen LogP contribution is -2.46. The van der Waals surface area contributed by atoms with Crippen LogP contribution in [0.15, 0.2) is 12.3 Å². The Morgan fingerprint density at radius 1 is 0.938 bits per heavy atom. The van der Waals surface area contributed by atoms with Crippen molar-refractivity contribution in [2.24, 2.45) is 0 Å². The molecule has 5 heteroatoms. The molecule has 0 fully saturated rings. The molecule has 0 aliphatic heterocycles. The number of allylic oxidation sites excluding steroid dienone is 1. The van der Waals surface area contributed by atoms with E-state index >= 15 is 0 Å². The minimum Gasteiger partial charge on any atom is -0.502 e. The highest BCUT2D eigenvalue weighted by Gasteiger charge is 2.40. The maximum absolute atomic E-state index is 5.68. The van der Waals surface area contributed by atoms with E-state index < -0.39 is 8.80 Å². The number of hydrogen-bond acceptors (Lipinski definition) is 4. The van der Waals surface area contributed by atoms with Gasteiger partial charge in [0.05, 0.1) is 18.9 Å². The largest absolute Gasteiger partial charge is 0.504 e.